The van der Waals surface area contributed by atoms with E-state index < -0.39 is 0 Å². The summed E-state index contributed by atoms with van der Waals surface area (Å²) in [5, 5.41) is 12.0. The van der Waals surface area contributed by atoms with E-state index in [0.29, 0.717) is 0 Å². The topological polar surface area (TPSA) is 75.5 Å². The van der Waals surface area contributed by atoms with Gasteiger partial charge in [-0.1, -0.05) is 0 Å². The Hall–Kier alpha value is 0.464. The molecule has 3 nitrogen and oxygen atoms in total. The van der Waals surface area contributed by atoms with Gasteiger partial charge in [-0.2, -0.15) is 0 Å². The van der Waals surface area contributed by atoms with Crippen molar-refractivity contribution in [2.24, 2.45) is 0 Å². The largest absolute Gasteiger partial charge is 0.344 e. The maximum absolute atomic E-state index is 6.00. The van der Waals surface area contributed by atoms with Crippen LogP contribution in [-0.2, 0) is 18.6 Å². The molecule has 0 atom stereocenters. The molecule has 0 bridgehead atoms. The molecule has 0 amide bonds. The zero-order valence-electron chi connectivity index (χ0n) is 2.05. The van der Waals surface area contributed by atoms with Gasteiger partial charge >= 0.3 is 0 Å². The van der Waals surface area contributed by atoms with Crippen molar-refractivity contribution in [1.29, 1.82) is 0 Å². The fraction of sp³-hybridized carbons (Fsp3) is 0. The third-order valence-electron chi connectivity index (χ3n) is 0. The van der Waals surface area contributed by atoms with Crippen molar-refractivity contribution in [2.45, 2.75) is 0 Å². The Morgan fingerprint density at radius 1 is 1.00 bits per heavy atom. The zero-order valence-corrected chi connectivity index (χ0v) is 3.45. The van der Waals surface area contributed by atoms with Crippen molar-refractivity contribution in [3.63, 3.8) is 0 Å². The van der Waals surface area contributed by atoms with Crippen molar-refractivity contribution in [1.82, 2.24) is 6.15 Å². The Kier molecular flexibility index (Phi) is 609. The van der Waals surface area contributed by atoms with Crippen LogP contribution in [0, 0.1) is 0 Å². The monoisotopic (exact) mass is 102 g/mol. The third kappa shape index (κ3) is 24.5. The van der Waals surface area contributed by atoms with Crippen molar-refractivity contribution in [3.05, 3.63) is 0 Å². The fourth-order valence-corrected chi connectivity index (χ4v) is 0. The van der Waals surface area contributed by atoms with Crippen molar-refractivity contribution in [2.75, 3.05) is 0 Å². The standard InChI is InChI=1S/H3N.H2O2.V/c;1-2;/h1H3;1-2H;. The summed E-state index contributed by atoms with van der Waals surface area (Å²) in [4.78, 5) is 0. The van der Waals surface area contributed by atoms with Crippen LogP contribution in [0.1, 0.15) is 0 Å². The van der Waals surface area contributed by atoms with Crippen LogP contribution in [-0.4, -0.2) is 10.5 Å². The summed E-state index contributed by atoms with van der Waals surface area (Å²) in [5.41, 5.74) is 0. The first-order chi connectivity index (χ1) is 1.00. The molecule has 0 aromatic carbocycles. The molecule has 0 saturated carbocycles. The quantitative estimate of drug-likeness (QED) is 0.301. The second-order valence-electron chi connectivity index (χ2n) is 0. The van der Waals surface area contributed by atoms with Crippen LogP contribution in [0.25, 0.3) is 0 Å². The van der Waals surface area contributed by atoms with Gasteiger partial charge in [0.05, 0.1) is 0 Å². The molecular weight excluding hydrogens is 96.9 g/mol. The molecule has 0 heterocycles. The molecule has 0 aliphatic carbocycles. The average Bonchev–Trinajstić information content (AvgIpc) is 1.00. The molecule has 0 spiro atoms. The van der Waals surface area contributed by atoms with E-state index >= 15 is 0 Å². The van der Waals surface area contributed by atoms with Crippen LogP contribution in [0.15, 0.2) is 0 Å². The minimum atomic E-state index is 0. The summed E-state index contributed by atoms with van der Waals surface area (Å²) in [6.45, 7) is 0. The minimum absolute atomic E-state index is 0. The predicted molar refractivity (Wildman–Crippen MR) is 10.3 cm³/mol. The van der Waals surface area contributed by atoms with E-state index in [1.165, 1.54) is 0 Å². The number of hydrogen-bond donors (Lipinski definition) is 3. The van der Waals surface area contributed by atoms with Gasteiger partial charge in [-0.25, -0.2) is 0 Å². The Morgan fingerprint density at radius 2 is 1.00 bits per heavy atom. The van der Waals surface area contributed by atoms with Crippen LogP contribution >= 0.6 is 0 Å². The molecule has 0 unspecified atom stereocenters. The van der Waals surface area contributed by atoms with Gasteiger partial charge < -0.3 is 6.15 Å². The van der Waals surface area contributed by atoms with E-state index in [9.17, 15) is 0 Å². The van der Waals surface area contributed by atoms with Crippen LogP contribution in [0.3, 0.4) is 0 Å². The molecule has 0 aliphatic rings. The zero-order chi connectivity index (χ0) is 2.00. The van der Waals surface area contributed by atoms with E-state index in [4.69, 9.17) is 10.5 Å². The molecule has 0 aromatic rings. The van der Waals surface area contributed by atoms with Crippen LogP contribution in [0.5, 0.6) is 0 Å². The van der Waals surface area contributed by atoms with E-state index in [2.05, 4.69) is 0 Å². The Labute approximate surface area is 36.0 Å². The van der Waals surface area contributed by atoms with Crippen LogP contribution < -0.4 is 6.15 Å². The van der Waals surface area contributed by atoms with Crippen molar-refractivity contribution >= 4 is 0 Å². The molecule has 1 radical (unpaired) electrons. The first-order valence-electron chi connectivity index (χ1n) is 0.200. The van der Waals surface area contributed by atoms with Gasteiger partial charge in [0, 0.05) is 18.6 Å². The summed E-state index contributed by atoms with van der Waals surface area (Å²) in [5.74, 6) is 0. The van der Waals surface area contributed by atoms with Crippen LogP contribution in [0.2, 0.25) is 0 Å². The first kappa shape index (κ1) is 25.0. The average molecular weight is 102 g/mol. The van der Waals surface area contributed by atoms with E-state index in [1.54, 1.807) is 0 Å². The second kappa shape index (κ2) is 97.6. The fourth-order valence-electron chi connectivity index (χ4n) is 0. The van der Waals surface area contributed by atoms with Gasteiger partial charge in [-0.15, -0.1) is 0 Å². The molecule has 0 aromatic heterocycles. The molecule has 5 N–H and O–H groups in total. The summed E-state index contributed by atoms with van der Waals surface area (Å²) in [7, 11) is 0. The summed E-state index contributed by atoms with van der Waals surface area (Å²) in [6.07, 6.45) is 0. The Balaban J connectivity index is -0.00000000500. The number of rotatable bonds is 0. The van der Waals surface area contributed by atoms with Gasteiger partial charge in [0.1, 0.15) is 0 Å². The maximum atomic E-state index is 6.00. The molecule has 0 rings (SSSR count). The Bertz CT molecular complexity index is 6.00. The summed E-state index contributed by atoms with van der Waals surface area (Å²) < 4.78 is 0. The maximum Gasteiger partial charge on any atom is 0 e. The third-order valence-corrected chi connectivity index (χ3v) is 0. The SMILES string of the molecule is N.OO.[V]. The predicted octanol–water partition coefficient (Wildman–Crippen LogP) is 0.177. The minimum Gasteiger partial charge on any atom is -0.344 e. The number of hydrogen-bond acceptors (Lipinski definition) is 3. The van der Waals surface area contributed by atoms with E-state index in [-0.39, 0.29) is 24.7 Å². The smallest absolute Gasteiger partial charge is 0 e. The molecule has 0 fully saturated rings. The van der Waals surface area contributed by atoms with Crippen molar-refractivity contribution < 1.29 is 29.1 Å². The summed E-state index contributed by atoms with van der Waals surface area (Å²) >= 11 is 0. The molecule has 4 heavy (non-hydrogen) atoms. The first-order valence-corrected chi connectivity index (χ1v) is 0.200. The van der Waals surface area contributed by atoms with Crippen LogP contribution in [0.4, 0.5) is 0 Å². The van der Waals surface area contributed by atoms with Gasteiger partial charge in [-0.05, 0) is 0 Å². The van der Waals surface area contributed by atoms with Gasteiger partial charge in [-0.3, -0.25) is 10.5 Å². The van der Waals surface area contributed by atoms with Gasteiger partial charge in [0.25, 0.3) is 0 Å². The molecule has 0 saturated heterocycles. The van der Waals surface area contributed by atoms with Gasteiger partial charge in [0.15, 0.2) is 0 Å². The van der Waals surface area contributed by atoms with E-state index in [1.807, 2.05) is 0 Å². The Morgan fingerprint density at radius 3 is 1.00 bits per heavy atom. The van der Waals surface area contributed by atoms with Crippen molar-refractivity contribution in [3.8, 4) is 0 Å². The van der Waals surface area contributed by atoms with Gasteiger partial charge in [0.2, 0.25) is 0 Å². The molecule has 0 aliphatic heterocycles. The molecule has 4 heteroatoms. The summed E-state index contributed by atoms with van der Waals surface area (Å²) in [6, 6.07) is 0. The van der Waals surface area contributed by atoms with E-state index in [0.717, 1.165) is 0 Å². The molecular formula is H5NO2V. The normalized spacial score (nSPS) is 1.50. The molecule has 27 valence electrons. The second-order valence-corrected chi connectivity index (χ2v) is 0.